The van der Waals surface area contributed by atoms with E-state index in [0.717, 1.165) is 30.0 Å². The van der Waals surface area contributed by atoms with E-state index in [1.54, 1.807) is 6.07 Å². The number of rotatable bonds is 3. The molecule has 1 aromatic rings. The lowest BCUT2D eigenvalue weighted by atomic mass is 10.1. The fraction of sp³-hybridized carbons (Fsp3) is 0.571. The molecule has 1 aromatic carbocycles. The Labute approximate surface area is 113 Å². The number of hydrogen-bond acceptors (Lipinski definition) is 3. The Morgan fingerprint density at radius 2 is 2.22 bits per heavy atom. The van der Waals surface area contributed by atoms with Gasteiger partial charge in [0.25, 0.3) is 0 Å². The lowest BCUT2D eigenvalue weighted by Gasteiger charge is -2.37. The van der Waals surface area contributed by atoms with Crippen molar-refractivity contribution in [1.82, 2.24) is 4.90 Å². The monoisotopic (exact) mass is 268 g/mol. The highest BCUT2D eigenvalue weighted by Gasteiger charge is 2.27. The number of nitrogens with two attached hydrogens (primary N) is 1. The van der Waals surface area contributed by atoms with Gasteiger partial charge in [-0.1, -0.05) is 12.1 Å². The van der Waals surface area contributed by atoms with Gasteiger partial charge in [0.15, 0.2) is 0 Å². The molecule has 2 nitrogen and oxygen atoms in total. The molecule has 0 spiro atoms. The molecule has 0 aliphatic carbocycles. The minimum atomic E-state index is -0.131. The second-order valence-electron chi connectivity index (χ2n) is 5.45. The van der Waals surface area contributed by atoms with Crippen LogP contribution in [0.2, 0.25) is 0 Å². The van der Waals surface area contributed by atoms with E-state index in [-0.39, 0.29) is 10.6 Å². The van der Waals surface area contributed by atoms with E-state index in [0.29, 0.717) is 13.1 Å². The summed E-state index contributed by atoms with van der Waals surface area (Å²) in [6, 6.07) is 5.34. The molecule has 0 saturated carbocycles. The Kier molecular flexibility index (Phi) is 4.30. The predicted octanol–water partition coefficient (Wildman–Crippen LogP) is 2.61. The first-order valence-electron chi connectivity index (χ1n) is 6.34. The van der Waals surface area contributed by atoms with Gasteiger partial charge in [0, 0.05) is 42.2 Å². The van der Waals surface area contributed by atoms with Crippen molar-refractivity contribution in [3.05, 3.63) is 35.1 Å². The number of benzene rings is 1. The number of thioether (sulfide) groups is 1. The van der Waals surface area contributed by atoms with Crippen LogP contribution in [0.1, 0.15) is 25.0 Å². The van der Waals surface area contributed by atoms with Gasteiger partial charge in [0.05, 0.1) is 0 Å². The third-order valence-electron chi connectivity index (χ3n) is 3.25. The third kappa shape index (κ3) is 3.46. The number of hydrogen-bond donors (Lipinski definition) is 1. The zero-order valence-electron chi connectivity index (χ0n) is 11.1. The predicted molar refractivity (Wildman–Crippen MR) is 76.1 cm³/mol. The van der Waals surface area contributed by atoms with Crippen molar-refractivity contribution >= 4 is 11.8 Å². The maximum atomic E-state index is 13.9. The first kappa shape index (κ1) is 13.8. The molecule has 1 aliphatic heterocycles. The highest BCUT2D eigenvalue weighted by molar-refractivity contribution is 8.00. The number of halogens is 1. The highest BCUT2D eigenvalue weighted by atomic mass is 32.2. The Morgan fingerprint density at radius 3 is 2.83 bits per heavy atom. The highest BCUT2D eigenvalue weighted by Crippen LogP contribution is 2.30. The first-order valence-corrected chi connectivity index (χ1v) is 7.32. The van der Waals surface area contributed by atoms with Crippen LogP contribution in [-0.4, -0.2) is 28.5 Å². The van der Waals surface area contributed by atoms with E-state index < -0.39 is 0 Å². The van der Waals surface area contributed by atoms with Crippen LogP contribution in [0, 0.1) is 5.82 Å². The minimum Gasteiger partial charge on any atom is -0.326 e. The quantitative estimate of drug-likeness (QED) is 0.913. The van der Waals surface area contributed by atoms with Crippen LogP contribution >= 0.6 is 11.8 Å². The standard InChI is InChI=1S/C14H21FN2S/c1-14(2)10-17(5-6-18-14)9-12-4-3-11(8-16)7-13(12)15/h3-4,7H,5-6,8-10,16H2,1-2H3. The summed E-state index contributed by atoms with van der Waals surface area (Å²) in [6.45, 7) is 7.63. The van der Waals surface area contributed by atoms with E-state index in [1.165, 1.54) is 0 Å². The van der Waals surface area contributed by atoms with Crippen molar-refractivity contribution in [2.45, 2.75) is 31.7 Å². The van der Waals surface area contributed by atoms with Crippen molar-refractivity contribution in [1.29, 1.82) is 0 Å². The Morgan fingerprint density at radius 1 is 1.44 bits per heavy atom. The van der Waals surface area contributed by atoms with Gasteiger partial charge in [-0.3, -0.25) is 4.90 Å². The molecule has 1 heterocycles. The van der Waals surface area contributed by atoms with Crippen LogP contribution in [-0.2, 0) is 13.1 Å². The lowest BCUT2D eigenvalue weighted by molar-refractivity contribution is 0.249. The van der Waals surface area contributed by atoms with Gasteiger partial charge in [-0.15, -0.1) is 0 Å². The molecule has 0 bridgehead atoms. The zero-order valence-corrected chi connectivity index (χ0v) is 11.9. The van der Waals surface area contributed by atoms with Crippen molar-refractivity contribution in [2.24, 2.45) is 5.73 Å². The molecule has 4 heteroatoms. The normalized spacial score (nSPS) is 20.0. The summed E-state index contributed by atoms with van der Waals surface area (Å²) >= 11 is 1.99. The maximum absolute atomic E-state index is 13.9. The topological polar surface area (TPSA) is 29.3 Å². The Balaban J connectivity index is 2.05. The molecular weight excluding hydrogens is 247 g/mol. The average molecular weight is 268 g/mol. The molecule has 0 unspecified atom stereocenters. The summed E-state index contributed by atoms with van der Waals surface area (Å²) in [5, 5.41) is 0. The van der Waals surface area contributed by atoms with Gasteiger partial charge in [0.1, 0.15) is 5.82 Å². The van der Waals surface area contributed by atoms with Crippen LogP contribution in [0.4, 0.5) is 4.39 Å². The third-order valence-corrected chi connectivity index (χ3v) is 4.55. The molecule has 0 aromatic heterocycles. The second kappa shape index (κ2) is 5.59. The number of nitrogens with zero attached hydrogens (tertiary/aromatic N) is 1. The maximum Gasteiger partial charge on any atom is 0.128 e. The van der Waals surface area contributed by atoms with Gasteiger partial charge in [0.2, 0.25) is 0 Å². The molecule has 18 heavy (non-hydrogen) atoms. The largest absolute Gasteiger partial charge is 0.326 e. The van der Waals surface area contributed by atoms with Crippen LogP contribution in [0.3, 0.4) is 0 Å². The van der Waals surface area contributed by atoms with Gasteiger partial charge in [-0.25, -0.2) is 4.39 Å². The van der Waals surface area contributed by atoms with Crippen LogP contribution in [0.15, 0.2) is 18.2 Å². The van der Waals surface area contributed by atoms with E-state index in [4.69, 9.17) is 5.73 Å². The van der Waals surface area contributed by atoms with E-state index in [1.807, 2.05) is 23.9 Å². The van der Waals surface area contributed by atoms with Crippen molar-refractivity contribution in [3.63, 3.8) is 0 Å². The van der Waals surface area contributed by atoms with Gasteiger partial charge < -0.3 is 5.73 Å². The zero-order chi connectivity index (χ0) is 13.2. The molecule has 2 N–H and O–H groups in total. The Hall–Kier alpha value is -0.580. The summed E-state index contributed by atoms with van der Waals surface area (Å²) in [7, 11) is 0. The van der Waals surface area contributed by atoms with Gasteiger partial charge in [-0.2, -0.15) is 11.8 Å². The summed E-state index contributed by atoms with van der Waals surface area (Å²) in [6.07, 6.45) is 0. The molecule has 1 aliphatic rings. The fourth-order valence-corrected chi connectivity index (χ4v) is 3.51. The van der Waals surface area contributed by atoms with Crippen molar-refractivity contribution in [2.75, 3.05) is 18.8 Å². The Bertz CT molecular complexity index is 420. The van der Waals surface area contributed by atoms with Crippen LogP contribution in [0.5, 0.6) is 0 Å². The summed E-state index contributed by atoms with van der Waals surface area (Å²) < 4.78 is 14.2. The lowest BCUT2D eigenvalue weighted by Crippen LogP contribution is -2.42. The molecular formula is C14H21FN2S. The smallest absolute Gasteiger partial charge is 0.128 e. The SMILES string of the molecule is CC1(C)CN(Cc2ccc(CN)cc2F)CCS1. The average Bonchev–Trinajstić information content (AvgIpc) is 2.30. The summed E-state index contributed by atoms with van der Waals surface area (Å²) in [5.41, 5.74) is 7.13. The van der Waals surface area contributed by atoms with Crippen molar-refractivity contribution in [3.8, 4) is 0 Å². The molecule has 0 atom stereocenters. The van der Waals surface area contributed by atoms with Crippen molar-refractivity contribution < 1.29 is 4.39 Å². The fourth-order valence-electron chi connectivity index (χ4n) is 2.34. The summed E-state index contributed by atoms with van der Waals surface area (Å²) in [4.78, 5) is 2.33. The minimum absolute atomic E-state index is 0.131. The van der Waals surface area contributed by atoms with Crippen LogP contribution in [0.25, 0.3) is 0 Å². The molecule has 0 radical (unpaired) electrons. The van der Waals surface area contributed by atoms with E-state index in [9.17, 15) is 4.39 Å². The van der Waals surface area contributed by atoms with Crippen LogP contribution < -0.4 is 5.73 Å². The molecule has 2 rings (SSSR count). The first-order chi connectivity index (χ1) is 8.50. The molecule has 100 valence electrons. The second-order valence-corrected chi connectivity index (χ2v) is 7.25. The van der Waals surface area contributed by atoms with E-state index >= 15 is 0 Å². The van der Waals surface area contributed by atoms with Gasteiger partial charge in [-0.05, 0) is 25.5 Å². The molecule has 1 saturated heterocycles. The van der Waals surface area contributed by atoms with Gasteiger partial charge >= 0.3 is 0 Å². The molecule has 0 amide bonds. The summed E-state index contributed by atoms with van der Waals surface area (Å²) in [5.74, 6) is 0.990. The molecule has 1 fully saturated rings. The van der Waals surface area contributed by atoms with E-state index in [2.05, 4.69) is 18.7 Å².